The Bertz CT molecular complexity index is 458. The Balaban J connectivity index is 2.15. The molecule has 0 radical (unpaired) electrons. The summed E-state index contributed by atoms with van der Waals surface area (Å²) in [4.78, 5) is 12.1. The summed E-state index contributed by atoms with van der Waals surface area (Å²) in [5.41, 5.74) is 2.19. The zero-order chi connectivity index (χ0) is 14.5. The van der Waals surface area contributed by atoms with Crippen LogP contribution in [0.2, 0.25) is 0 Å². The second kappa shape index (κ2) is 6.78. The molecule has 3 atom stereocenters. The topological polar surface area (TPSA) is 38.3 Å². The number of aryl methyl sites for hydroxylation is 1. The van der Waals surface area contributed by atoms with Gasteiger partial charge in [-0.1, -0.05) is 38.0 Å². The molecular weight excluding hydrogens is 250 g/mol. The SMILES string of the molecule is COC(=O)C(Nc1ccccc1C)C1CCCC(C)C1. The van der Waals surface area contributed by atoms with Gasteiger partial charge in [0.25, 0.3) is 0 Å². The van der Waals surface area contributed by atoms with E-state index in [1.54, 1.807) is 0 Å². The molecule has 0 aromatic heterocycles. The molecule has 110 valence electrons. The standard InChI is InChI=1S/C17H25NO2/c1-12-7-6-9-14(11-12)16(17(19)20-3)18-15-10-5-4-8-13(15)2/h4-5,8,10,12,14,16,18H,6-7,9,11H2,1-3H3. The van der Waals surface area contributed by atoms with E-state index in [1.807, 2.05) is 18.2 Å². The summed E-state index contributed by atoms with van der Waals surface area (Å²) >= 11 is 0. The van der Waals surface area contributed by atoms with Crippen molar-refractivity contribution in [3.8, 4) is 0 Å². The summed E-state index contributed by atoms with van der Waals surface area (Å²) in [7, 11) is 1.47. The highest BCUT2D eigenvalue weighted by Gasteiger charge is 2.32. The summed E-state index contributed by atoms with van der Waals surface area (Å²) in [5.74, 6) is 0.915. The molecule has 1 aliphatic rings. The molecule has 1 N–H and O–H groups in total. The number of hydrogen-bond acceptors (Lipinski definition) is 3. The van der Waals surface area contributed by atoms with Crippen molar-refractivity contribution < 1.29 is 9.53 Å². The predicted octanol–water partition coefficient (Wildman–Crippen LogP) is 3.77. The highest BCUT2D eigenvalue weighted by atomic mass is 16.5. The van der Waals surface area contributed by atoms with Gasteiger partial charge in [0.1, 0.15) is 6.04 Å². The monoisotopic (exact) mass is 275 g/mol. The van der Waals surface area contributed by atoms with Gasteiger partial charge in [-0.3, -0.25) is 0 Å². The van der Waals surface area contributed by atoms with Gasteiger partial charge in [-0.05, 0) is 43.2 Å². The lowest BCUT2D eigenvalue weighted by atomic mass is 9.78. The van der Waals surface area contributed by atoms with Crippen LogP contribution in [0.15, 0.2) is 24.3 Å². The number of hydrogen-bond donors (Lipinski definition) is 1. The quantitative estimate of drug-likeness (QED) is 0.850. The number of carbonyl (C=O) groups is 1. The molecule has 1 saturated carbocycles. The van der Waals surface area contributed by atoms with Crippen molar-refractivity contribution in [2.45, 2.75) is 45.6 Å². The van der Waals surface area contributed by atoms with Gasteiger partial charge in [-0.2, -0.15) is 0 Å². The fourth-order valence-corrected chi connectivity index (χ4v) is 3.18. The normalized spacial score (nSPS) is 23.9. The number of ether oxygens (including phenoxy) is 1. The number of methoxy groups -OCH3 is 1. The van der Waals surface area contributed by atoms with Gasteiger partial charge in [0, 0.05) is 5.69 Å². The van der Waals surface area contributed by atoms with E-state index in [0.717, 1.165) is 24.1 Å². The average Bonchev–Trinajstić information content (AvgIpc) is 2.45. The summed E-state index contributed by atoms with van der Waals surface area (Å²) in [6.45, 7) is 4.33. The number of para-hydroxylation sites is 1. The Morgan fingerprint density at radius 1 is 1.35 bits per heavy atom. The van der Waals surface area contributed by atoms with Crippen molar-refractivity contribution in [2.75, 3.05) is 12.4 Å². The summed E-state index contributed by atoms with van der Waals surface area (Å²) in [5, 5.41) is 3.41. The lowest BCUT2D eigenvalue weighted by Crippen LogP contribution is -2.40. The zero-order valence-corrected chi connectivity index (χ0v) is 12.7. The minimum absolute atomic E-state index is 0.146. The fraction of sp³-hybridized carbons (Fsp3) is 0.588. The third kappa shape index (κ3) is 3.53. The average molecular weight is 275 g/mol. The lowest BCUT2D eigenvalue weighted by molar-refractivity contribution is -0.143. The summed E-state index contributed by atoms with van der Waals surface area (Å²) < 4.78 is 5.01. The largest absolute Gasteiger partial charge is 0.467 e. The van der Waals surface area contributed by atoms with Crippen molar-refractivity contribution in [3.63, 3.8) is 0 Å². The summed E-state index contributed by atoms with van der Waals surface area (Å²) in [6.07, 6.45) is 4.67. The second-order valence-corrected chi connectivity index (χ2v) is 5.99. The Morgan fingerprint density at radius 3 is 2.75 bits per heavy atom. The van der Waals surface area contributed by atoms with Crippen molar-refractivity contribution in [1.29, 1.82) is 0 Å². The zero-order valence-electron chi connectivity index (χ0n) is 12.7. The molecule has 1 fully saturated rings. The number of benzene rings is 1. The van der Waals surface area contributed by atoms with Crippen LogP contribution >= 0.6 is 0 Å². The minimum atomic E-state index is -0.233. The van der Waals surface area contributed by atoms with E-state index in [1.165, 1.54) is 20.0 Å². The molecule has 1 aliphatic carbocycles. The molecule has 0 saturated heterocycles. The molecule has 2 rings (SSSR count). The third-order valence-corrected chi connectivity index (χ3v) is 4.36. The Hall–Kier alpha value is -1.51. The first-order valence-electron chi connectivity index (χ1n) is 7.51. The molecule has 1 aromatic rings. The van der Waals surface area contributed by atoms with Crippen LogP contribution in [-0.2, 0) is 9.53 Å². The molecule has 0 aliphatic heterocycles. The molecule has 3 unspecified atom stereocenters. The van der Waals surface area contributed by atoms with Crippen molar-refractivity contribution >= 4 is 11.7 Å². The number of nitrogens with one attached hydrogen (secondary N) is 1. The smallest absolute Gasteiger partial charge is 0.328 e. The van der Waals surface area contributed by atoms with Gasteiger partial charge < -0.3 is 10.1 Å². The van der Waals surface area contributed by atoms with E-state index in [0.29, 0.717) is 11.8 Å². The maximum atomic E-state index is 12.1. The van der Waals surface area contributed by atoms with Gasteiger partial charge in [-0.15, -0.1) is 0 Å². The minimum Gasteiger partial charge on any atom is -0.467 e. The van der Waals surface area contributed by atoms with Crippen LogP contribution in [0.4, 0.5) is 5.69 Å². The molecule has 3 heteroatoms. The first-order valence-corrected chi connectivity index (χ1v) is 7.51. The van der Waals surface area contributed by atoms with Crippen molar-refractivity contribution in [3.05, 3.63) is 29.8 Å². The molecule has 0 heterocycles. The van der Waals surface area contributed by atoms with Crippen molar-refractivity contribution in [1.82, 2.24) is 0 Å². The van der Waals surface area contributed by atoms with Crippen LogP contribution in [0.1, 0.15) is 38.2 Å². The number of rotatable bonds is 4. The Kier molecular flexibility index (Phi) is 5.05. The van der Waals surface area contributed by atoms with E-state index >= 15 is 0 Å². The summed E-state index contributed by atoms with van der Waals surface area (Å²) in [6, 6.07) is 7.85. The highest BCUT2D eigenvalue weighted by Crippen LogP contribution is 2.32. The van der Waals surface area contributed by atoms with Gasteiger partial charge in [0.05, 0.1) is 7.11 Å². The fourth-order valence-electron chi connectivity index (χ4n) is 3.18. The number of esters is 1. The van der Waals surface area contributed by atoms with E-state index in [-0.39, 0.29) is 12.0 Å². The van der Waals surface area contributed by atoms with Crippen LogP contribution in [0.3, 0.4) is 0 Å². The third-order valence-electron chi connectivity index (χ3n) is 4.36. The molecule has 0 amide bonds. The number of anilines is 1. The van der Waals surface area contributed by atoms with Crippen LogP contribution in [0.25, 0.3) is 0 Å². The van der Waals surface area contributed by atoms with Crippen molar-refractivity contribution in [2.24, 2.45) is 11.8 Å². The molecule has 0 spiro atoms. The van der Waals surface area contributed by atoms with Crippen LogP contribution < -0.4 is 5.32 Å². The number of carbonyl (C=O) groups excluding carboxylic acids is 1. The Morgan fingerprint density at radius 2 is 2.10 bits per heavy atom. The van der Waals surface area contributed by atoms with Crippen LogP contribution in [0.5, 0.6) is 0 Å². The molecule has 0 bridgehead atoms. The highest BCUT2D eigenvalue weighted by molar-refractivity contribution is 5.80. The van der Waals surface area contributed by atoms with Crippen LogP contribution in [-0.4, -0.2) is 19.1 Å². The maximum absolute atomic E-state index is 12.1. The van der Waals surface area contributed by atoms with E-state index in [2.05, 4.69) is 25.2 Å². The second-order valence-electron chi connectivity index (χ2n) is 5.99. The van der Waals surface area contributed by atoms with E-state index in [4.69, 9.17) is 4.74 Å². The lowest BCUT2D eigenvalue weighted by Gasteiger charge is -2.33. The van der Waals surface area contributed by atoms with Gasteiger partial charge >= 0.3 is 5.97 Å². The van der Waals surface area contributed by atoms with Gasteiger partial charge in [0.15, 0.2) is 0 Å². The first-order chi connectivity index (χ1) is 9.61. The molecular formula is C17H25NO2. The van der Waals surface area contributed by atoms with Gasteiger partial charge in [0.2, 0.25) is 0 Å². The molecule has 3 nitrogen and oxygen atoms in total. The molecule has 1 aromatic carbocycles. The van der Waals surface area contributed by atoms with Gasteiger partial charge in [-0.25, -0.2) is 4.79 Å². The maximum Gasteiger partial charge on any atom is 0.328 e. The van der Waals surface area contributed by atoms with E-state index < -0.39 is 0 Å². The first kappa shape index (κ1) is 14.9. The molecule has 20 heavy (non-hydrogen) atoms. The Labute approximate surface area is 121 Å². The predicted molar refractivity (Wildman–Crippen MR) is 81.7 cm³/mol. The van der Waals surface area contributed by atoms with E-state index in [9.17, 15) is 4.79 Å². The van der Waals surface area contributed by atoms with Crippen LogP contribution in [0, 0.1) is 18.8 Å².